The Bertz CT molecular complexity index is 1280. The van der Waals surface area contributed by atoms with Crippen molar-refractivity contribution < 1.29 is 9.32 Å². The van der Waals surface area contributed by atoms with Crippen molar-refractivity contribution in [3.05, 3.63) is 73.0 Å². The van der Waals surface area contributed by atoms with Crippen LogP contribution in [0.15, 0.2) is 45.5 Å². The van der Waals surface area contributed by atoms with Crippen LogP contribution >= 0.6 is 50.7 Å². The molecule has 2 aromatic heterocycles. The third-order valence-electron chi connectivity index (χ3n) is 4.75. The first-order chi connectivity index (χ1) is 14.1. The summed E-state index contributed by atoms with van der Waals surface area (Å²) in [6, 6.07) is 8.80. The fourth-order valence-corrected chi connectivity index (χ4v) is 4.87. The van der Waals surface area contributed by atoms with Gasteiger partial charge >= 0.3 is 0 Å². The zero-order chi connectivity index (χ0) is 21.8. The molecule has 0 radical (unpaired) electrons. The molecule has 0 saturated heterocycles. The zero-order valence-electron chi connectivity index (χ0n) is 16.2. The first-order valence-electron chi connectivity index (χ1n) is 9.05. The number of nitrogens with one attached hydrogen (secondary N) is 1. The number of carbonyl (C=O) groups excluding carboxylic acids is 1. The lowest BCUT2D eigenvalue weighted by molar-refractivity contribution is 0.103. The fraction of sp³-hybridized carbons (Fsp3) is 0.182. The Morgan fingerprint density at radius 1 is 1.13 bits per heavy atom. The van der Waals surface area contributed by atoms with Gasteiger partial charge in [0.05, 0.1) is 21.1 Å². The molecular weight excluding hydrogens is 511 g/mol. The number of aromatic amines is 1. The molecule has 2 heterocycles. The molecular formula is C22H16BrCl3N2O2. The van der Waals surface area contributed by atoms with E-state index in [0.717, 1.165) is 15.4 Å². The van der Waals surface area contributed by atoms with E-state index in [1.807, 2.05) is 39.0 Å². The van der Waals surface area contributed by atoms with Crippen LogP contribution in [0.2, 0.25) is 15.1 Å². The van der Waals surface area contributed by atoms with Crippen LogP contribution in [0, 0.1) is 0 Å². The number of rotatable bonds is 3. The molecule has 2 aromatic carbocycles. The number of nitrogens with zero attached hydrogens (tertiary/aromatic N) is 1. The molecule has 0 spiro atoms. The summed E-state index contributed by atoms with van der Waals surface area (Å²) in [6.45, 7) is 5.85. The van der Waals surface area contributed by atoms with Gasteiger partial charge in [0, 0.05) is 37.6 Å². The topological polar surface area (TPSA) is 58.9 Å². The minimum Gasteiger partial charge on any atom is -0.360 e. The SMILES string of the molecule is CC(C)(C)c1onc(-c2c(Cl)cc(Cl)cc2Cl)c1C(=O)c1c[nH]c2c(Br)cccc12. The number of hydrogen-bond acceptors (Lipinski definition) is 3. The zero-order valence-corrected chi connectivity index (χ0v) is 20.1. The Morgan fingerprint density at radius 3 is 2.43 bits per heavy atom. The van der Waals surface area contributed by atoms with Gasteiger partial charge in [-0.2, -0.15) is 0 Å². The van der Waals surface area contributed by atoms with Crippen LogP contribution in [-0.2, 0) is 5.41 Å². The summed E-state index contributed by atoms with van der Waals surface area (Å²) in [5.41, 5.74) is 1.89. The number of hydrogen-bond donors (Lipinski definition) is 1. The summed E-state index contributed by atoms with van der Waals surface area (Å²) < 4.78 is 6.53. The summed E-state index contributed by atoms with van der Waals surface area (Å²) >= 11 is 22.4. The fourth-order valence-electron chi connectivity index (χ4n) is 3.39. The molecule has 0 saturated carbocycles. The summed E-state index contributed by atoms with van der Waals surface area (Å²) in [6.07, 6.45) is 1.69. The van der Waals surface area contributed by atoms with Crippen molar-refractivity contribution in [1.29, 1.82) is 0 Å². The molecule has 4 aromatic rings. The van der Waals surface area contributed by atoms with Gasteiger partial charge in [-0.1, -0.05) is 72.9 Å². The van der Waals surface area contributed by atoms with Crippen molar-refractivity contribution in [1.82, 2.24) is 10.1 Å². The molecule has 4 nitrogen and oxygen atoms in total. The van der Waals surface area contributed by atoms with E-state index < -0.39 is 5.41 Å². The first-order valence-corrected chi connectivity index (χ1v) is 11.0. The van der Waals surface area contributed by atoms with Gasteiger partial charge in [-0.25, -0.2) is 0 Å². The molecule has 0 amide bonds. The van der Waals surface area contributed by atoms with E-state index in [9.17, 15) is 4.79 Å². The second kappa shape index (κ2) is 7.72. The molecule has 30 heavy (non-hydrogen) atoms. The number of aromatic nitrogens is 2. The van der Waals surface area contributed by atoms with E-state index in [-0.39, 0.29) is 15.8 Å². The Kier molecular flexibility index (Phi) is 5.52. The third-order valence-corrected chi connectivity index (χ3v) is 6.23. The third kappa shape index (κ3) is 3.58. The molecule has 0 aliphatic rings. The second-order valence-corrected chi connectivity index (χ2v) is 10.0. The highest BCUT2D eigenvalue weighted by molar-refractivity contribution is 9.10. The van der Waals surface area contributed by atoms with Gasteiger partial charge in [-0.05, 0) is 34.1 Å². The first kappa shape index (κ1) is 21.4. The molecule has 0 bridgehead atoms. The molecule has 0 aliphatic carbocycles. The van der Waals surface area contributed by atoms with E-state index >= 15 is 0 Å². The van der Waals surface area contributed by atoms with E-state index in [4.69, 9.17) is 39.3 Å². The molecule has 0 unspecified atom stereocenters. The van der Waals surface area contributed by atoms with Crippen LogP contribution in [0.5, 0.6) is 0 Å². The minimum atomic E-state index is -0.478. The van der Waals surface area contributed by atoms with Gasteiger partial charge < -0.3 is 9.51 Å². The second-order valence-electron chi connectivity index (χ2n) is 7.92. The number of fused-ring (bicyclic) bond motifs is 1. The summed E-state index contributed by atoms with van der Waals surface area (Å²) in [5, 5.41) is 5.96. The molecule has 0 atom stereocenters. The quantitative estimate of drug-likeness (QED) is 0.275. The molecule has 0 aliphatic heterocycles. The predicted octanol–water partition coefficient (Wildman–Crippen LogP) is 8.07. The maximum atomic E-state index is 13.8. The standard InChI is InChI=1S/C22H16BrCl3N2O2/c1-22(2,3)21-17(19(28-30-21)16-14(25)7-10(24)8-15(16)26)20(29)12-9-27-18-11(12)5-4-6-13(18)23/h4-9,27H,1-3H3. The average Bonchev–Trinajstić information content (AvgIpc) is 3.25. The lowest BCUT2D eigenvalue weighted by Gasteiger charge is -2.16. The predicted molar refractivity (Wildman–Crippen MR) is 125 cm³/mol. The van der Waals surface area contributed by atoms with Gasteiger partial charge in [-0.3, -0.25) is 4.79 Å². The molecule has 8 heteroatoms. The monoisotopic (exact) mass is 524 g/mol. The van der Waals surface area contributed by atoms with Crippen LogP contribution < -0.4 is 0 Å². The molecule has 0 fully saturated rings. The van der Waals surface area contributed by atoms with Crippen LogP contribution in [-0.4, -0.2) is 15.9 Å². The molecule has 4 rings (SSSR count). The van der Waals surface area contributed by atoms with Crippen molar-refractivity contribution in [3.63, 3.8) is 0 Å². The number of halogens is 4. The number of carbonyl (C=O) groups is 1. The van der Waals surface area contributed by atoms with Gasteiger partial charge in [-0.15, -0.1) is 0 Å². The Labute approximate surface area is 196 Å². The van der Waals surface area contributed by atoms with Crippen LogP contribution in [0.3, 0.4) is 0 Å². The minimum absolute atomic E-state index is 0.234. The normalized spacial score (nSPS) is 12.0. The highest BCUT2D eigenvalue weighted by Gasteiger charge is 2.34. The van der Waals surface area contributed by atoms with Crippen molar-refractivity contribution in [2.75, 3.05) is 0 Å². The van der Waals surface area contributed by atoms with Crippen molar-refractivity contribution >= 4 is 67.4 Å². The maximum Gasteiger partial charge on any atom is 0.201 e. The van der Waals surface area contributed by atoms with Crippen molar-refractivity contribution in [2.24, 2.45) is 0 Å². The number of H-pyrrole nitrogens is 1. The van der Waals surface area contributed by atoms with Crippen molar-refractivity contribution in [3.8, 4) is 11.3 Å². The molecule has 154 valence electrons. The number of benzene rings is 2. The van der Waals surface area contributed by atoms with Gasteiger partial charge in [0.2, 0.25) is 5.78 Å². The van der Waals surface area contributed by atoms with Crippen LogP contribution in [0.1, 0.15) is 42.5 Å². The Morgan fingerprint density at radius 2 is 1.80 bits per heavy atom. The van der Waals surface area contributed by atoms with Crippen molar-refractivity contribution in [2.45, 2.75) is 26.2 Å². The van der Waals surface area contributed by atoms with E-state index in [1.165, 1.54) is 0 Å². The van der Waals surface area contributed by atoms with Crippen LogP contribution in [0.4, 0.5) is 0 Å². The van der Waals surface area contributed by atoms with Gasteiger partial charge in [0.1, 0.15) is 5.69 Å². The summed E-state index contributed by atoms with van der Waals surface area (Å²) in [7, 11) is 0. The van der Waals surface area contributed by atoms with Gasteiger partial charge in [0.15, 0.2) is 5.76 Å². The Balaban J connectivity index is 2.00. The van der Waals surface area contributed by atoms with E-state index in [2.05, 4.69) is 26.1 Å². The number of ketones is 1. The summed E-state index contributed by atoms with van der Waals surface area (Å²) in [4.78, 5) is 17.0. The van der Waals surface area contributed by atoms with Gasteiger partial charge in [0.25, 0.3) is 0 Å². The smallest absolute Gasteiger partial charge is 0.201 e. The largest absolute Gasteiger partial charge is 0.360 e. The maximum absolute atomic E-state index is 13.8. The van der Waals surface area contributed by atoms with Crippen LogP contribution in [0.25, 0.3) is 22.2 Å². The highest BCUT2D eigenvalue weighted by atomic mass is 79.9. The average molecular weight is 527 g/mol. The lowest BCUT2D eigenvalue weighted by atomic mass is 9.86. The lowest BCUT2D eigenvalue weighted by Crippen LogP contribution is -2.16. The Hall–Kier alpha value is -1.79. The van der Waals surface area contributed by atoms with E-state index in [1.54, 1.807) is 18.3 Å². The number of para-hydroxylation sites is 1. The van der Waals surface area contributed by atoms with E-state index in [0.29, 0.717) is 33.2 Å². The molecule has 1 N–H and O–H groups in total. The highest BCUT2D eigenvalue weighted by Crippen LogP contribution is 2.42. The summed E-state index contributed by atoms with van der Waals surface area (Å²) in [5.74, 6) is 0.219.